The maximum atomic E-state index is 13.3. The van der Waals surface area contributed by atoms with Crippen LogP contribution in [0.4, 0.5) is 0 Å². The average molecular weight is 435 g/mol. The number of fused-ring (bicyclic) bond motifs is 1. The number of benzene rings is 2. The van der Waals surface area contributed by atoms with Gasteiger partial charge >= 0.3 is 5.97 Å². The summed E-state index contributed by atoms with van der Waals surface area (Å²) in [6.07, 6.45) is 2.41. The first-order valence-electron chi connectivity index (χ1n) is 9.80. The fraction of sp³-hybridized carbons (Fsp3) is 0.160. The minimum atomic E-state index is -1.17. The Bertz CT molecular complexity index is 1180. The maximum Gasteiger partial charge on any atom is 0.337 e. The van der Waals surface area contributed by atoms with Crippen LogP contribution in [0.15, 0.2) is 62.0 Å². The molecule has 3 rings (SSSR count). The molecule has 32 heavy (non-hydrogen) atoms. The molecule has 0 atom stereocenters. The van der Waals surface area contributed by atoms with E-state index >= 15 is 0 Å². The predicted molar refractivity (Wildman–Crippen MR) is 123 cm³/mol. The lowest BCUT2D eigenvalue weighted by Crippen LogP contribution is -2.09. The van der Waals surface area contributed by atoms with Gasteiger partial charge in [-0.3, -0.25) is 9.78 Å². The molecular formula is C25H25NO6. The highest BCUT2D eigenvalue weighted by molar-refractivity contribution is 6.18. The van der Waals surface area contributed by atoms with E-state index in [1.165, 1.54) is 26.5 Å². The molecule has 0 saturated carbocycles. The Morgan fingerprint density at radius 2 is 1.59 bits per heavy atom. The van der Waals surface area contributed by atoms with Crippen LogP contribution >= 0.6 is 0 Å². The van der Waals surface area contributed by atoms with E-state index in [1.54, 1.807) is 30.3 Å². The number of carboxylic acids is 1. The van der Waals surface area contributed by atoms with Gasteiger partial charge in [-0.25, -0.2) is 4.79 Å². The van der Waals surface area contributed by atoms with Crippen molar-refractivity contribution >= 4 is 28.3 Å². The second-order valence-electron chi connectivity index (χ2n) is 6.20. The third kappa shape index (κ3) is 4.78. The van der Waals surface area contributed by atoms with Crippen LogP contribution in [0.1, 0.15) is 45.8 Å². The first-order chi connectivity index (χ1) is 15.4. The van der Waals surface area contributed by atoms with Gasteiger partial charge in [0.1, 0.15) is 11.5 Å². The lowest BCUT2D eigenvalue weighted by Gasteiger charge is -2.13. The van der Waals surface area contributed by atoms with Gasteiger partial charge in [0, 0.05) is 28.1 Å². The largest absolute Gasteiger partial charge is 0.493 e. The SMILES string of the molecule is C=COC(=C)c1cccc(C(=O)c2ncc(C(=O)O)c3cc(OC)c(OC)cc23)c1.CC. The summed E-state index contributed by atoms with van der Waals surface area (Å²) in [5.41, 5.74) is 0.979. The zero-order chi connectivity index (χ0) is 23.8. The zero-order valence-corrected chi connectivity index (χ0v) is 18.5. The third-order valence-corrected chi connectivity index (χ3v) is 4.51. The van der Waals surface area contributed by atoms with E-state index in [2.05, 4.69) is 18.1 Å². The highest BCUT2D eigenvalue weighted by Crippen LogP contribution is 2.35. The van der Waals surface area contributed by atoms with Gasteiger partial charge in [0.25, 0.3) is 0 Å². The van der Waals surface area contributed by atoms with Crippen molar-refractivity contribution in [2.45, 2.75) is 13.8 Å². The second-order valence-corrected chi connectivity index (χ2v) is 6.20. The monoisotopic (exact) mass is 435 g/mol. The zero-order valence-electron chi connectivity index (χ0n) is 18.5. The molecular weight excluding hydrogens is 410 g/mol. The average Bonchev–Trinajstić information content (AvgIpc) is 2.83. The Balaban J connectivity index is 0.00000176. The van der Waals surface area contributed by atoms with Crippen LogP contribution in [0.3, 0.4) is 0 Å². The van der Waals surface area contributed by atoms with Crippen molar-refractivity contribution in [3.8, 4) is 11.5 Å². The van der Waals surface area contributed by atoms with Crippen molar-refractivity contribution in [1.29, 1.82) is 0 Å². The van der Waals surface area contributed by atoms with E-state index in [9.17, 15) is 14.7 Å². The molecule has 0 fully saturated rings. The molecule has 1 aromatic heterocycles. The van der Waals surface area contributed by atoms with Crippen LogP contribution in [0, 0.1) is 0 Å². The third-order valence-electron chi connectivity index (χ3n) is 4.51. The number of ether oxygens (including phenoxy) is 3. The molecule has 0 aliphatic heterocycles. The van der Waals surface area contributed by atoms with Crippen molar-refractivity contribution in [3.63, 3.8) is 0 Å². The molecule has 7 heteroatoms. The van der Waals surface area contributed by atoms with E-state index in [4.69, 9.17) is 14.2 Å². The number of methoxy groups -OCH3 is 2. The van der Waals surface area contributed by atoms with Gasteiger partial charge in [0.2, 0.25) is 5.78 Å². The fourth-order valence-electron chi connectivity index (χ4n) is 3.06. The summed E-state index contributed by atoms with van der Waals surface area (Å²) in [5.74, 6) is -0.525. The van der Waals surface area contributed by atoms with Crippen LogP contribution < -0.4 is 9.47 Å². The van der Waals surface area contributed by atoms with E-state index in [0.29, 0.717) is 39.2 Å². The molecule has 0 radical (unpaired) electrons. The Labute approximate surface area is 186 Å². The number of hydrogen-bond acceptors (Lipinski definition) is 6. The summed E-state index contributed by atoms with van der Waals surface area (Å²) < 4.78 is 15.8. The van der Waals surface area contributed by atoms with Crippen molar-refractivity contribution in [3.05, 3.63) is 84.4 Å². The molecule has 3 aromatic rings. The predicted octanol–water partition coefficient (Wildman–Crippen LogP) is 5.34. The normalized spacial score (nSPS) is 9.88. The molecule has 0 aliphatic rings. The molecule has 0 aliphatic carbocycles. The van der Waals surface area contributed by atoms with Crippen molar-refractivity contribution in [1.82, 2.24) is 4.98 Å². The molecule has 1 heterocycles. The number of aromatic nitrogens is 1. The molecule has 0 spiro atoms. The number of hydrogen-bond donors (Lipinski definition) is 1. The van der Waals surface area contributed by atoms with Crippen molar-refractivity contribution in [2.75, 3.05) is 14.2 Å². The molecule has 2 aromatic carbocycles. The number of carbonyl (C=O) groups excluding carboxylic acids is 1. The van der Waals surface area contributed by atoms with Crippen molar-refractivity contribution < 1.29 is 28.9 Å². The highest BCUT2D eigenvalue weighted by Gasteiger charge is 2.21. The van der Waals surface area contributed by atoms with Gasteiger partial charge in [-0.15, -0.1) is 0 Å². The van der Waals surface area contributed by atoms with Gasteiger partial charge in [-0.05, 0) is 18.2 Å². The van der Waals surface area contributed by atoms with E-state index in [1.807, 2.05) is 13.8 Å². The van der Waals surface area contributed by atoms with Gasteiger partial charge in [0.05, 0.1) is 26.0 Å². The van der Waals surface area contributed by atoms with E-state index < -0.39 is 11.8 Å². The van der Waals surface area contributed by atoms with Crippen LogP contribution in [0.25, 0.3) is 16.5 Å². The van der Waals surface area contributed by atoms with Gasteiger partial charge < -0.3 is 19.3 Å². The minimum absolute atomic E-state index is 0.0518. The number of rotatable bonds is 8. The number of aromatic carboxylic acids is 1. The standard InChI is InChI=1S/C23H19NO6.C2H6/c1-5-30-13(2)14-7-6-8-15(9-14)22(25)21-17-11-20(29-4)19(28-3)10-16(17)18(12-24-21)23(26)27;1-2/h5-12H,1-2H2,3-4H3,(H,26,27);1-2H3. The lowest BCUT2D eigenvalue weighted by atomic mass is 9.98. The summed E-state index contributed by atoms with van der Waals surface area (Å²) in [5, 5.41) is 10.2. The van der Waals surface area contributed by atoms with Crippen LogP contribution in [-0.2, 0) is 4.74 Å². The van der Waals surface area contributed by atoms with Crippen molar-refractivity contribution in [2.24, 2.45) is 0 Å². The molecule has 166 valence electrons. The summed E-state index contributed by atoms with van der Waals surface area (Å²) >= 11 is 0. The van der Waals surface area contributed by atoms with Crippen LogP contribution in [0.2, 0.25) is 0 Å². The molecule has 7 nitrogen and oxygen atoms in total. The molecule has 0 amide bonds. The first-order valence-corrected chi connectivity index (χ1v) is 9.80. The second kappa shape index (κ2) is 10.8. The van der Waals surface area contributed by atoms with Gasteiger partial charge in [0.15, 0.2) is 11.5 Å². The quantitative estimate of drug-likeness (QED) is 0.377. The molecule has 0 saturated heterocycles. The first kappa shape index (κ1) is 24.1. The van der Waals surface area contributed by atoms with Gasteiger partial charge in [-0.1, -0.05) is 45.2 Å². The number of ketones is 1. The summed E-state index contributed by atoms with van der Waals surface area (Å²) in [6.45, 7) is 11.3. The van der Waals surface area contributed by atoms with Gasteiger partial charge in [-0.2, -0.15) is 0 Å². The topological polar surface area (TPSA) is 95.0 Å². The number of pyridine rings is 1. The Morgan fingerprint density at radius 3 is 2.16 bits per heavy atom. The summed E-state index contributed by atoms with van der Waals surface area (Å²) in [7, 11) is 2.90. The molecule has 0 unspecified atom stereocenters. The van der Waals surface area contributed by atoms with Crippen LogP contribution in [-0.4, -0.2) is 36.1 Å². The summed E-state index contributed by atoms with van der Waals surface area (Å²) in [4.78, 5) is 29.1. The molecule has 0 bridgehead atoms. The fourth-order valence-corrected chi connectivity index (χ4v) is 3.06. The smallest absolute Gasteiger partial charge is 0.337 e. The Hall–Kier alpha value is -4.13. The number of nitrogens with zero attached hydrogens (tertiary/aromatic N) is 1. The highest BCUT2D eigenvalue weighted by atomic mass is 16.5. The molecule has 1 N–H and O–H groups in total. The minimum Gasteiger partial charge on any atom is -0.493 e. The van der Waals surface area contributed by atoms with E-state index in [-0.39, 0.29) is 11.3 Å². The number of carboxylic acid groups (broad SMARTS) is 1. The summed E-state index contributed by atoms with van der Waals surface area (Å²) in [6, 6.07) is 9.75. The van der Waals surface area contributed by atoms with Crippen LogP contribution in [0.5, 0.6) is 11.5 Å². The Morgan fingerprint density at radius 1 is 1.00 bits per heavy atom. The number of carbonyl (C=O) groups is 2. The lowest BCUT2D eigenvalue weighted by molar-refractivity contribution is 0.0698. The van der Waals surface area contributed by atoms with E-state index in [0.717, 1.165) is 6.20 Å². The maximum absolute atomic E-state index is 13.3. The Kier molecular flexibility index (Phi) is 8.12.